The van der Waals surface area contributed by atoms with Gasteiger partial charge in [-0.15, -0.1) is 0 Å². The van der Waals surface area contributed by atoms with Crippen LogP contribution in [-0.2, 0) is 19.6 Å². The van der Waals surface area contributed by atoms with Gasteiger partial charge >= 0.3 is 0 Å². The summed E-state index contributed by atoms with van der Waals surface area (Å²) in [4.78, 5) is 15.1. The van der Waals surface area contributed by atoms with Crippen LogP contribution in [0.5, 0.6) is 5.75 Å². The van der Waals surface area contributed by atoms with Crippen molar-refractivity contribution < 1.29 is 27.1 Å². The fourth-order valence-corrected chi connectivity index (χ4v) is 6.46. The highest BCUT2D eigenvalue weighted by Gasteiger charge is 2.25. The van der Waals surface area contributed by atoms with E-state index in [-0.39, 0.29) is 10.7 Å². The molecule has 4 aromatic carbocycles. The van der Waals surface area contributed by atoms with E-state index in [1.807, 2.05) is 35.2 Å². The van der Waals surface area contributed by atoms with Crippen molar-refractivity contribution in [1.82, 2.24) is 9.78 Å². The minimum Gasteiger partial charge on any atom is -0.497 e. The number of rotatable bonds is 10. The summed E-state index contributed by atoms with van der Waals surface area (Å²) in [5.41, 5.74) is 3.85. The molecule has 1 amide bonds. The zero-order valence-electron chi connectivity index (χ0n) is 25.5. The molecular formula is C35H32FN5O5S. The lowest BCUT2D eigenvalue weighted by molar-refractivity contribution is -0.111. The Morgan fingerprint density at radius 1 is 0.936 bits per heavy atom. The molecule has 1 saturated heterocycles. The van der Waals surface area contributed by atoms with Crippen LogP contribution in [0, 0.1) is 5.82 Å². The predicted molar refractivity (Wildman–Crippen MR) is 180 cm³/mol. The largest absolute Gasteiger partial charge is 0.497 e. The normalized spacial score (nSPS) is 13.4. The Bertz CT molecular complexity index is 1990. The maximum absolute atomic E-state index is 13.7. The van der Waals surface area contributed by atoms with Crippen LogP contribution in [0.15, 0.2) is 114 Å². The minimum atomic E-state index is -4.07. The summed E-state index contributed by atoms with van der Waals surface area (Å²) in [6, 6.07) is 26.8. The van der Waals surface area contributed by atoms with Gasteiger partial charge in [-0.1, -0.05) is 18.2 Å². The molecule has 1 aromatic heterocycles. The smallest absolute Gasteiger partial charge is 0.264 e. The van der Waals surface area contributed by atoms with E-state index >= 15 is 0 Å². The number of benzene rings is 4. The van der Waals surface area contributed by atoms with Gasteiger partial charge in [0.05, 0.1) is 37.4 Å². The van der Waals surface area contributed by atoms with Crippen LogP contribution in [0.2, 0.25) is 0 Å². The molecule has 1 fully saturated rings. The number of para-hydroxylation sites is 1. The SMILES string of the molecule is COc1ccc(NS(=O)(=O)c2cc(NC(=O)C=Cc3cn(-c4ccccc4)nc3-c3ccc(F)cc3)ccc2N2CCOCC2)cc1. The Balaban J connectivity index is 1.28. The summed E-state index contributed by atoms with van der Waals surface area (Å²) in [5.74, 6) is -0.252. The van der Waals surface area contributed by atoms with Crippen LogP contribution in [0.1, 0.15) is 5.56 Å². The average Bonchev–Trinajstić information content (AvgIpc) is 3.53. The van der Waals surface area contributed by atoms with E-state index in [1.165, 1.54) is 31.4 Å². The van der Waals surface area contributed by atoms with E-state index < -0.39 is 15.9 Å². The molecule has 47 heavy (non-hydrogen) atoms. The predicted octanol–water partition coefficient (Wildman–Crippen LogP) is 5.98. The number of morpholine rings is 1. The molecule has 1 aliphatic heterocycles. The summed E-state index contributed by atoms with van der Waals surface area (Å²) < 4.78 is 56.1. The van der Waals surface area contributed by atoms with Gasteiger partial charge in [-0.05, 0) is 84.9 Å². The van der Waals surface area contributed by atoms with Gasteiger partial charge in [-0.3, -0.25) is 9.52 Å². The second-order valence-electron chi connectivity index (χ2n) is 10.7. The Hall–Kier alpha value is -5.46. The van der Waals surface area contributed by atoms with Crippen molar-refractivity contribution >= 4 is 39.1 Å². The van der Waals surface area contributed by atoms with E-state index in [2.05, 4.69) is 10.0 Å². The number of carbonyl (C=O) groups is 1. The number of ether oxygens (including phenoxy) is 2. The van der Waals surface area contributed by atoms with Gasteiger partial charge in [0.25, 0.3) is 10.0 Å². The van der Waals surface area contributed by atoms with E-state index in [0.717, 1.165) is 5.69 Å². The number of amides is 1. The van der Waals surface area contributed by atoms with Gasteiger partial charge in [0, 0.05) is 47.9 Å². The number of nitrogens with zero attached hydrogens (tertiary/aromatic N) is 3. The van der Waals surface area contributed by atoms with Crippen LogP contribution < -0.4 is 19.7 Å². The Kier molecular flexibility index (Phi) is 9.32. The third-order valence-electron chi connectivity index (χ3n) is 7.51. The summed E-state index contributed by atoms with van der Waals surface area (Å²) in [6.45, 7) is 1.98. The van der Waals surface area contributed by atoms with Gasteiger partial charge in [-0.25, -0.2) is 17.5 Å². The first-order valence-electron chi connectivity index (χ1n) is 14.8. The molecule has 6 rings (SSSR count). The minimum absolute atomic E-state index is 0.0136. The monoisotopic (exact) mass is 653 g/mol. The zero-order valence-corrected chi connectivity index (χ0v) is 26.3. The summed E-state index contributed by atoms with van der Waals surface area (Å²) in [5, 5.41) is 7.48. The molecule has 0 radical (unpaired) electrons. The molecule has 0 atom stereocenters. The van der Waals surface area contributed by atoms with E-state index in [9.17, 15) is 17.6 Å². The second kappa shape index (κ2) is 13.9. The number of sulfonamides is 1. The van der Waals surface area contributed by atoms with Crippen molar-refractivity contribution in [2.24, 2.45) is 0 Å². The van der Waals surface area contributed by atoms with Crippen molar-refractivity contribution in [3.8, 4) is 22.7 Å². The number of halogens is 1. The first-order chi connectivity index (χ1) is 22.8. The molecule has 1 aliphatic rings. The molecule has 10 nitrogen and oxygen atoms in total. The molecular weight excluding hydrogens is 621 g/mol. The molecule has 5 aromatic rings. The highest BCUT2D eigenvalue weighted by molar-refractivity contribution is 7.92. The van der Waals surface area contributed by atoms with Crippen molar-refractivity contribution in [3.63, 3.8) is 0 Å². The Morgan fingerprint density at radius 2 is 1.64 bits per heavy atom. The van der Waals surface area contributed by atoms with E-state index in [1.54, 1.807) is 65.5 Å². The van der Waals surface area contributed by atoms with Gasteiger partial charge in [0.15, 0.2) is 0 Å². The van der Waals surface area contributed by atoms with Crippen LogP contribution in [0.25, 0.3) is 23.0 Å². The van der Waals surface area contributed by atoms with E-state index in [0.29, 0.717) is 65.9 Å². The van der Waals surface area contributed by atoms with Gasteiger partial charge in [0.2, 0.25) is 5.91 Å². The zero-order chi connectivity index (χ0) is 32.8. The number of anilines is 3. The summed E-state index contributed by atoms with van der Waals surface area (Å²) in [6.07, 6.45) is 4.74. The number of nitrogens with one attached hydrogen (secondary N) is 2. The third-order valence-corrected chi connectivity index (χ3v) is 8.92. The molecule has 2 N–H and O–H groups in total. The van der Waals surface area contributed by atoms with Crippen molar-refractivity contribution in [3.05, 3.63) is 121 Å². The lowest BCUT2D eigenvalue weighted by Crippen LogP contribution is -2.37. The summed E-state index contributed by atoms with van der Waals surface area (Å²) in [7, 11) is -2.54. The molecule has 240 valence electrons. The standard InChI is InChI=1S/C35H32FN5O5S/c1-45-31-15-12-28(13-16-31)39-47(43,44)33-23-29(14-17-32(33)40-19-21-46-22-20-40)37-34(42)18-9-26-24-41(30-5-3-2-4-6-30)38-35(26)25-7-10-27(36)11-8-25/h2-18,23-24,39H,19-22H2,1H3,(H,37,42). The molecule has 0 bridgehead atoms. The molecule has 12 heteroatoms. The summed E-state index contributed by atoms with van der Waals surface area (Å²) >= 11 is 0. The van der Waals surface area contributed by atoms with Crippen LogP contribution >= 0.6 is 0 Å². The van der Waals surface area contributed by atoms with Crippen LogP contribution in [0.3, 0.4) is 0 Å². The lowest BCUT2D eigenvalue weighted by atomic mass is 10.1. The first kappa shape index (κ1) is 31.5. The topological polar surface area (TPSA) is 115 Å². The van der Waals surface area contributed by atoms with E-state index in [4.69, 9.17) is 14.6 Å². The molecule has 2 heterocycles. The average molecular weight is 654 g/mol. The van der Waals surface area contributed by atoms with Crippen molar-refractivity contribution in [1.29, 1.82) is 0 Å². The number of carbonyl (C=O) groups excluding carboxylic acids is 1. The van der Waals surface area contributed by atoms with Crippen molar-refractivity contribution in [2.45, 2.75) is 4.90 Å². The Labute approximate surface area is 272 Å². The molecule has 0 unspecified atom stereocenters. The molecule has 0 saturated carbocycles. The number of hydrogen-bond donors (Lipinski definition) is 2. The maximum atomic E-state index is 13.7. The first-order valence-corrected chi connectivity index (χ1v) is 16.3. The second-order valence-corrected chi connectivity index (χ2v) is 12.3. The maximum Gasteiger partial charge on any atom is 0.264 e. The van der Waals surface area contributed by atoms with Crippen LogP contribution in [0.4, 0.5) is 21.5 Å². The highest BCUT2D eigenvalue weighted by Crippen LogP contribution is 2.31. The third kappa shape index (κ3) is 7.51. The number of methoxy groups -OCH3 is 1. The lowest BCUT2D eigenvalue weighted by Gasteiger charge is -2.30. The molecule has 0 aliphatic carbocycles. The quantitative estimate of drug-likeness (QED) is 0.178. The Morgan fingerprint density at radius 3 is 2.34 bits per heavy atom. The fraction of sp³-hybridized carbons (Fsp3) is 0.143. The van der Waals surface area contributed by atoms with Gasteiger partial charge < -0.3 is 19.7 Å². The number of hydrogen-bond acceptors (Lipinski definition) is 7. The highest BCUT2D eigenvalue weighted by atomic mass is 32.2. The number of aromatic nitrogens is 2. The van der Waals surface area contributed by atoms with Gasteiger partial charge in [-0.2, -0.15) is 5.10 Å². The molecule has 0 spiro atoms. The fourth-order valence-electron chi connectivity index (χ4n) is 5.15. The van der Waals surface area contributed by atoms with Crippen molar-refractivity contribution in [2.75, 3.05) is 48.4 Å². The van der Waals surface area contributed by atoms with Crippen LogP contribution in [-0.4, -0.2) is 57.5 Å². The van der Waals surface area contributed by atoms with Gasteiger partial charge in [0.1, 0.15) is 16.5 Å².